The Labute approximate surface area is 113 Å². The molecule has 0 saturated heterocycles. The van der Waals surface area contributed by atoms with E-state index < -0.39 is 0 Å². The molecule has 1 aliphatic rings. The number of likely N-dealkylation sites (N-methyl/N-ethyl adjacent to an activating group) is 1. The molecule has 3 unspecified atom stereocenters. The van der Waals surface area contributed by atoms with Crippen LogP contribution in [0.1, 0.15) is 52.9 Å². The second kappa shape index (κ2) is 8.89. The monoisotopic (exact) mass is 257 g/mol. The molecule has 1 fully saturated rings. The molecule has 0 amide bonds. The molecule has 0 spiro atoms. The number of hydrogen-bond donors (Lipinski definition) is 1. The van der Waals surface area contributed by atoms with Crippen LogP contribution in [0.3, 0.4) is 0 Å². The van der Waals surface area contributed by atoms with Gasteiger partial charge < -0.3 is 9.84 Å². The highest BCUT2D eigenvalue weighted by molar-refractivity contribution is 4.86. The number of ether oxygens (including phenoxy) is 1. The highest BCUT2D eigenvalue weighted by Gasteiger charge is 2.32. The molecular formula is C15H31NO2. The average molecular weight is 257 g/mol. The Morgan fingerprint density at radius 3 is 2.61 bits per heavy atom. The van der Waals surface area contributed by atoms with Crippen LogP contribution in [0.2, 0.25) is 0 Å². The van der Waals surface area contributed by atoms with Gasteiger partial charge in [-0.05, 0) is 38.6 Å². The summed E-state index contributed by atoms with van der Waals surface area (Å²) in [6.45, 7) is 9.99. The van der Waals surface area contributed by atoms with Gasteiger partial charge in [0.25, 0.3) is 0 Å². The molecule has 0 heterocycles. The second-order valence-corrected chi connectivity index (χ2v) is 5.43. The van der Waals surface area contributed by atoms with Crippen LogP contribution in [0.4, 0.5) is 0 Å². The molecule has 1 N–H and O–H groups in total. The van der Waals surface area contributed by atoms with Gasteiger partial charge in [0.2, 0.25) is 0 Å². The third-order valence-corrected chi connectivity index (χ3v) is 4.19. The van der Waals surface area contributed by atoms with E-state index in [4.69, 9.17) is 4.74 Å². The van der Waals surface area contributed by atoms with Crippen LogP contribution < -0.4 is 0 Å². The third kappa shape index (κ3) is 4.87. The van der Waals surface area contributed by atoms with Crippen LogP contribution in [0.5, 0.6) is 0 Å². The fourth-order valence-corrected chi connectivity index (χ4v) is 3.16. The van der Waals surface area contributed by atoms with E-state index in [0.717, 1.165) is 45.1 Å². The minimum absolute atomic E-state index is 0.139. The minimum atomic E-state index is -0.139. The standard InChI is InChI=1S/C15H31NO2/c1-4-7-13-8-9-15(17)14(12-13)16(5-2)10-11-18-6-3/h13-15,17H,4-12H2,1-3H3. The summed E-state index contributed by atoms with van der Waals surface area (Å²) in [4.78, 5) is 2.40. The Balaban J connectivity index is 2.47. The molecule has 0 radical (unpaired) electrons. The van der Waals surface area contributed by atoms with Gasteiger partial charge in [0.1, 0.15) is 0 Å². The van der Waals surface area contributed by atoms with Gasteiger partial charge in [0.15, 0.2) is 0 Å². The Morgan fingerprint density at radius 2 is 2.00 bits per heavy atom. The van der Waals surface area contributed by atoms with E-state index in [-0.39, 0.29) is 6.10 Å². The first-order valence-corrected chi connectivity index (χ1v) is 7.72. The summed E-state index contributed by atoms with van der Waals surface area (Å²) in [5, 5.41) is 10.2. The van der Waals surface area contributed by atoms with Crippen molar-refractivity contribution in [1.82, 2.24) is 4.90 Å². The van der Waals surface area contributed by atoms with Gasteiger partial charge in [0, 0.05) is 19.2 Å². The fourth-order valence-electron chi connectivity index (χ4n) is 3.16. The molecule has 3 atom stereocenters. The smallest absolute Gasteiger partial charge is 0.0695 e. The van der Waals surface area contributed by atoms with Crippen LogP contribution in [0.25, 0.3) is 0 Å². The first-order chi connectivity index (χ1) is 8.72. The quantitative estimate of drug-likeness (QED) is 0.679. The van der Waals surface area contributed by atoms with Gasteiger partial charge in [-0.25, -0.2) is 0 Å². The van der Waals surface area contributed by atoms with Crippen LogP contribution in [0.15, 0.2) is 0 Å². The van der Waals surface area contributed by atoms with Crippen LogP contribution >= 0.6 is 0 Å². The summed E-state index contributed by atoms with van der Waals surface area (Å²) in [6.07, 6.45) is 5.77. The van der Waals surface area contributed by atoms with E-state index in [2.05, 4.69) is 18.7 Å². The molecule has 1 saturated carbocycles. The van der Waals surface area contributed by atoms with E-state index >= 15 is 0 Å². The van der Waals surface area contributed by atoms with Crippen molar-refractivity contribution < 1.29 is 9.84 Å². The SMILES string of the molecule is CCCC1CCC(O)C(N(CC)CCOCC)C1. The number of rotatable bonds is 8. The Hall–Kier alpha value is -0.120. The molecule has 3 heteroatoms. The number of aliphatic hydroxyl groups excluding tert-OH is 1. The predicted molar refractivity (Wildman–Crippen MR) is 75.8 cm³/mol. The maximum Gasteiger partial charge on any atom is 0.0695 e. The Bertz CT molecular complexity index is 211. The van der Waals surface area contributed by atoms with Crippen LogP contribution in [0, 0.1) is 5.92 Å². The van der Waals surface area contributed by atoms with Gasteiger partial charge in [-0.15, -0.1) is 0 Å². The molecule has 1 aliphatic carbocycles. The largest absolute Gasteiger partial charge is 0.391 e. The van der Waals surface area contributed by atoms with Crippen molar-refractivity contribution >= 4 is 0 Å². The summed E-state index contributed by atoms with van der Waals surface area (Å²) in [5.41, 5.74) is 0. The lowest BCUT2D eigenvalue weighted by Gasteiger charge is -2.40. The van der Waals surface area contributed by atoms with Gasteiger partial charge in [-0.1, -0.05) is 26.7 Å². The molecule has 0 aromatic rings. The number of hydrogen-bond acceptors (Lipinski definition) is 3. The molecule has 0 aromatic heterocycles. The topological polar surface area (TPSA) is 32.7 Å². The highest BCUT2D eigenvalue weighted by Crippen LogP contribution is 2.30. The summed E-state index contributed by atoms with van der Waals surface area (Å²) in [6, 6.07) is 0.348. The van der Waals surface area contributed by atoms with Crippen LogP contribution in [-0.4, -0.2) is 48.5 Å². The van der Waals surface area contributed by atoms with E-state index in [1.54, 1.807) is 0 Å². The molecule has 0 bridgehead atoms. The molecule has 3 nitrogen and oxygen atoms in total. The zero-order chi connectivity index (χ0) is 13.4. The first kappa shape index (κ1) is 15.9. The van der Waals surface area contributed by atoms with Crippen molar-refractivity contribution in [2.45, 2.75) is 65.0 Å². The summed E-state index contributed by atoms with van der Waals surface area (Å²) in [7, 11) is 0. The van der Waals surface area contributed by atoms with Crippen molar-refractivity contribution in [3.05, 3.63) is 0 Å². The Kier molecular flexibility index (Phi) is 7.87. The highest BCUT2D eigenvalue weighted by atomic mass is 16.5. The fraction of sp³-hybridized carbons (Fsp3) is 1.00. The van der Waals surface area contributed by atoms with E-state index in [0.29, 0.717) is 6.04 Å². The zero-order valence-electron chi connectivity index (χ0n) is 12.4. The van der Waals surface area contributed by atoms with Crippen molar-refractivity contribution in [1.29, 1.82) is 0 Å². The maximum absolute atomic E-state index is 10.2. The summed E-state index contributed by atoms with van der Waals surface area (Å²) in [5.74, 6) is 0.810. The average Bonchev–Trinajstić information content (AvgIpc) is 2.38. The maximum atomic E-state index is 10.2. The van der Waals surface area contributed by atoms with Crippen LogP contribution in [-0.2, 0) is 4.74 Å². The Morgan fingerprint density at radius 1 is 1.22 bits per heavy atom. The van der Waals surface area contributed by atoms with Gasteiger partial charge in [0.05, 0.1) is 12.7 Å². The van der Waals surface area contributed by atoms with E-state index in [1.807, 2.05) is 6.92 Å². The number of nitrogens with zero attached hydrogens (tertiary/aromatic N) is 1. The van der Waals surface area contributed by atoms with Crippen molar-refractivity contribution in [3.63, 3.8) is 0 Å². The van der Waals surface area contributed by atoms with Gasteiger partial charge in [-0.3, -0.25) is 4.90 Å². The molecule has 18 heavy (non-hydrogen) atoms. The lowest BCUT2D eigenvalue weighted by molar-refractivity contribution is -0.00781. The molecule has 0 aliphatic heterocycles. The molecular weight excluding hydrogens is 226 g/mol. The number of aliphatic hydroxyl groups is 1. The second-order valence-electron chi connectivity index (χ2n) is 5.43. The summed E-state index contributed by atoms with van der Waals surface area (Å²) < 4.78 is 5.44. The molecule has 108 valence electrons. The summed E-state index contributed by atoms with van der Waals surface area (Å²) >= 11 is 0. The predicted octanol–water partition coefficient (Wildman–Crippen LogP) is 2.67. The van der Waals surface area contributed by atoms with Crippen molar-refractivity contribution in [3.8, 4) is 0 Å². The molecule has 1 rings (SSSR count). The van der Waals surface area contributed by atoms with Crippen molar-refractivity contribution in [2.75, 3.05) is 26.3 Å². The third-order valence-electron chi connectivity index (χ3n) is 4.19. The first-order valence-electron chi connectivity index (χ1n) is 7.72. The van der Waals surface area contributed by atoms with E-state index in [1.165, 1.54) is 19.3 Å². The molecule has 0 aromatic carbocycles. The minimum Gasteiger partial charge on any atom is -0.391 e. The van der Waals surface area contributed by atoms with Crippen molar-refractivity contribution in [2.24, 2.45) is 5.92 Å². The normalized spacial score (nSPS) is 28.8. The van der Waals surface area contributed by atoms with Gasteiger partial charge >= 0.3 is 0 Å². The van der Waals surface area contributed by atoms with E-state index in [9.17, 15) is 5.11 Å². The zero-order valence-corrected chi connectivity index (χ0v) is 12.4. The lowest BCUT2D eigenvalue weighted by Crippen LogP contribution is -2.48. The van der Waals surface area contributed by atoms with Gasteiger partial charge in [-0.2, -0.15) is 0 Å². The lowest BCUT2D eigenvalue weighted by atomic mass is 9.81.